The molecule has 25 heavy (non-hydrogen) atoms. The summed E-state index contributed by atoms with van der Waals surface area (Å²) in [6, 6.07) is 7.28. The summed E-state index contributed by atoms with van der Waals surface area (Å²) in [7, 11) is 1.60. The van der Waals surface area contributed by atoms with Crippen molar-refractivity contribution in [1.29, 1.82) is 0 Å². The van der Waals surface area contributed by atoms with Gasteiger partial charge in [0.05, 0.1) is 13.7 Å². The molecule has 1 fully saturated rings. The zero-order valence-electron chi connectivity index (χ0n) is 14.9. The van der Waals surface area contributed by atoms with E-state index in [-0.39, 0.29) is 11.8 Å². The molecular weight excluding hydrogens is 320 g/mol. The highest BCUT2D eigenvalue weighted by Gasteiger charge is 2.23. The Bertz CT molecular complexity index is 721. The third kappa shape index (κ3) is 4.17. The van der Waals surface area contributed by atoms with E-state index in [1.54, 1.807) is 13.2 Å². The van der Waals surface area contributed by atoms with Gasteiger partial charge in [0.25, 0.3) is 5.91 Å². The number of hydrogen-bond acceptors (Lipinski definition) is 6. The Morgan fingerprint density at radius 1 is 1.24 bits per heavy atom. The van der Waals surface area contributed by atoms with Crippen LogP contribution in [0.2, 0.25) is 0 Å². The normalized spacial score (nSPS) is 15.6. The molecule has 7 nitrogen and oxygen atoms in total. The maximum Gasteiger partial charge on any atom is 0.254 e. The van der Waals surface area contributed by atoms with Crippen molar-refractivity contribution in [2.75, 3.05) is 33.3 Å². The van der Waals surface area contributed by atoms with E-state index in [4.69, 9.17) is 9.15 Å². The van der Waals surface area contributed by atoms with Crippen LogP contribution in [0.4, 0.5) is 0 Å². The van der Waals surface area contributed by atoms with E-state index >= 15 is 0 Å². The van der Waals surface area contributed by atoms with Crippen LogP contribution in [-0.4, -0.2) is 59.2 Å². The van der Waals surface area contributed by atoms with Crippen LogP contribution in [0.1, 0.15) is 41.9 Å². The third-order valence-corrected chi connectivity index (χ3v) is 4.31. The number of piperazine rings is 1. The van der Waals surface area contributed by atoms with E-state index in [9.17, 15) is 4.79 Å². The second kappa shape index (κ2) is 7.65. The van der Waals surface area contributed by atoms with Gasteiger partial charge in [0.2, 0.25) is 11.8 Å². The van der Waals surface area contributed by atoms with Crippen LogP contribution in [0, 0.1) is 0 Å². The van der Waals surface area contributed by atoms with Gasteiger partial charge in [0.1, 0.15) is 5.75 Å². The van der Waals surface area contributed by atoms with Gasteiger partial charge in [-0.05, 0) is 18.2 Å². The first kappa shape index (κ1) is 17.4. The first-order chi connectivity index (χ1) is 12.1. The van der Waals surface area contributed by atoms with Crippen molar-refractivity contribution in [2.24, 2.45) is 0 Å². The first-order valence-corrected chi connectivity index (χ1v) is 8.55. The van der Waals surface area contributed by atoms with Gasteiger partial charge in [-0.2, -0.15) is 0 Å². The smallest absolute Gasteiger partial charge is 0.254 e. The lowest BCUT2D eigenvalue weighted by Crippen LogP contribution is -2.48. The fourth-order valence-corrected chi connectivity index (χ4v) is 2.80. The van der Waals surface area contributed by atoms with Crippen LogP contribution in [0.5, 0.6) is 5.75 Å². The van der Waals surface area contributed by atoms with E-state index in [2.05, 4.69) is 15.1 Å². The van der Waals surface area contributed by atoms with Crippen LogP contribution in [0.25, 0.3) is 0 Å². The monoisotopic (exact) mass is 344 g/mol. The standard InChI is InChI=1S/C18H24N4O3/c1-13(2)17-20-19-16(25-17)12-21-7-9-22(10-8-21)18(23)14-5-4-6-15(11-14)24-3/h4-6,11,13H,7-10,12H2,1-3H3. The Morgan fingerprint density at radius 3 is 2.64 bits per heavy atom. The van der Waals surface area contributed by atoms with Crippen LogP contribution < -0.4 is 4.74 Å². The number of rotatable bonds is 5. The van der Waals surface area contributed by atoms with Gasteiger partial charge >= 0.3 is 0 Å². The molecule has 0 saturated carbocycles. The summed E-state index contributed by atoms with van der Waals surface area (Å²) in [5, 5.41) is 8.16. The summed E-state index contributed by atoms with van der Waals surface area (Å²) in [6.07, 6.45) is 0. The molecule has 0 spiro atoms. The molecule has 1 amide bonds. The summed E-state index contributed by atoms with van der Waals surface area (Å²) in [5.74, 6) is 2.27. The Balaban J connectivity index is 1.54. The molecule has 134 valence electrons. The van der Waals surface area contributed by atoms with Gasteiger partial charge in [0, 0.05) is 37.7 Å². The predicted octanol–water partition coefficient (Wildman–Crippen LogP) is 2.16. The van der Waals surface area contributed by atoms with Crippen LogP contribution >= 0.6 is 0 Å². The van der Waals surface area contributed by atoms with Crippen molar-refractivity contribution in [2.45, 2.75) is 26.3 Å². The number of methoxy groups -OCH3 is 1. The van der Waals surface area contributed by atoms with Crippen molar-refractivity contribution < 1.29 is 13.9 Å². The quantitative estimate of drug-likeness (QED) is 0.828. The minimum Gasteiger partial charge on any atom is -0.497 e. The van der Waals surface area contributed by atoms with Gasteiger partial charge in [-0.15, -0.1) is 10.2 Å². The molecule has 7 heteroatoms. The lowest BCUT2D eigenvalue weighted by Gasteiger charge is -2.34. The van der Waals surface area contributed by atoms with Crippen molar-refractivity contribution in [3.63, 3.8) is 0 Å². The molecule has 2 heterocycles. The summed E-state index contributed by atoms with van der Waals surface area (Å²) in [4.78, 5) is 16.7. The SMILES string of the molecule is COc1cccc(C(=O)N2CCN(Cc3nnc(C(C)C)o3)CC2)c1. The van der Waals surface area contributed by atoms with Crippen molar-refractivity contribution in [1.82, 2.24) is 20.0 Å². The molecule has 1 saturated heterocycles. The molecule has 1 aliphatic rings. The molecule has 0 aliphatic carbocycles. The minimum absolute atomic E-state index is 0.0402. The summed E-state index contributed by atoms with van der Waals surface area (Å²) in [5.41, 5.74) is 0.659. The fourth-order valence-electron chi connectivity index (χ4n) is 2.80. The molecule has 2 aromatic rings. The molecule has 1 aromatic heterocycles. The zero-order valence-corrected chi connectivity index (χ0v) is 14.9. The van der Waals surface area contributed by atoms with Crippen molar-refractivity contribution in [3.05, 3.63) is 41.6 Å². The van der Waals surface area contributed by atoms with Gasteiger partial charge in [-0.1, -0.05) is 19.9 Å². The second-order valence-electron chi connectivity index (χ2n) is 6.49. The molecule has 3 rings (SSSR count). The average Bonchev–Trinajstić information content (AvgIpc) is 3.10. The topological polar surface area (TPSA) is 71.7 Å². The number of carbonyl (C=O) groups excluding carboxylic acids is 1. The number of benzene rings is 1. The number of hydrogen-bond donors (Lipinski definition) is 0. The first-order valence-electron chi connectivity index (χ1n) is 8.55. The highest BCUT2D eigenvalue weighted by molar-refractivity contribution is 5.94. The molecule has 0 radical (unpaired) electrons. The third-order valence-electron chi connectivity index (χ3n) is 4.31. The predicted molar refractivity (Wildman–Crippen MR) is 92.6 cm³/mol. The van der Waals surface area contributed by atoms with Crippen LogP contribution in [0.3, 0.4) is 0 Å². The van der Waals surface area contributed by atoms with E-state index in [0.29, 0.717) is 42.7 Å². The lowest BCUT2D eigenvalue weighted by molar-refractivity contribution is 0.0617. The van der Waals surface area contributed by atoms with E-state index in [0.717, 1.165) is 13.1 Å². The largest absolute Gasteiger partial charge is 0.497 e. The molecule has 1 aromatic carbocycles. The number of ether oxygens (including phenoxy) is 1. The Kier molecular flexibility index (Phi) is 5.33. The minimum atomic E-state index is 0.0402. The number of aromatic nitrogens is 2. The fraction of sp³-hybridized carbons (Fsp3) is 0.500. The van der Waals surface area contributed by atoms with Gasteiger partial charge < -0.3 is 14.1 Å². The van der Waals surface area contributed by atoms with E-state index in [1.165, 1.54) is 0 Å². The number of nitrogens with zero attached hydrogens (tertiary/aromatic N) is 4. The molecule has 1 aliphatic heterocycles. The molecule has 0 unspecified atom stereocenters. The number of carbonyl (C=O) groups is 1. The van der Waals surface area contributed by atoms with Crippen molar-refractivity contribution >= 4 is 5.91 Å². The lowest BCUT2D eigenvalue weighted by atomic mass is 10.1. The zero-order chi connectivity index (χ0) is 17.8. The highest BCUT2D eigenvalue weighted by Crippen LogP contribution is 2.17. The second-order valence-corrected chi connectivity index (χ2v) is 6.49. The van der Waals surface area contributed by atoms with E-state index < -0.39 is 0 Å². The van der Waals surface area contributed by atoms with Gasteiger partial charge in [-0.3, -0.25) is 9.69 Å². The highest BCUT2D eigenvalue weighted by atomic mass is 16.5. The Labute approximate surface area is 147 Å². The molecule has 0 bridgehead atoms. The Morgan fingerprint density at radius 2 is 2.00 bits per heavy atom. The molecular formula is C18H24N4O3. The van der Waals surface area contributed by atoms with Crippen LogP contribution in [0.15, 0.2) is 28.7 Å². The number of amides is 1. The maximum absolute atomic E-state index is 12.6. The average molecular weight is 344 g/mol. The van der Waals surface area contributed by atoms with E-state index in [1.807, 2.05) is 36.9 Å². The summed E-state index contributed by atoms with van der Waals surface area (Å²) < 4.78 is 10.9. The maximum atomic E-state index is 12.6. The molecule has 0 N–H and O–H groups in total. The molecule has 0 atom stereocenters. The Hall–Kier alpha value is -2.41. The van der Waals surface area contributed by atoms with Gasteiger partial charge in [0.15, 0.2) is 0 Å². The van der Waals surface area contributed by atoms with Gasteiger partial charge in [-0.25, -0.2) is 0 Å². The summed E-state index contributed by atoms with van der Waals surface area (Å²) in [6.45, 7) is 7.62. The van der Waals surface area contributed by atoms with Crippen molar-refractivity contribution in [3.8, 4) is 5.75 Å². The summed E-state index contributed by atoms with van der Waals surface area (Å²) >= 11 is 0. The van der Waals surface area contributed by atoms with Crippen LogP contribution in [-0.2, 0) is 6.54 Å².